The Kier molecular flexibility index (Phi) is 2.71. The van der Waals surface area contributed by atoms with Crippen molar-refractivity contribution in [1.29, 1.82) is 0 Å². The van der Waals surface area contributed by atoms with Gasteiger partial charge in [0.2, 0.25) is 6.79 Å². The average molecular weight is 281 g/mol. The first-order chi connectivity index (χ1) is 10.4. The summed E-state index contributed by atoms with van der Waals surface area (Å²) >= 11 is 0. The van der Waals surface area contributed by atoms with Gasteiger partial charge in [0.15, 0.2) is 17.1 Å². The van der Waals surface area contributed by atoms with E-state index in [0.717, 1.165) is 28.2 Å². The maximum atomic E-state index is 5.50. The highest BCUT2D eigenvalue weighted by molar-refractivity contribution is 5.81. The first-order valence-electron chi connectivity index (χ1n) is 6.43. The number of ether oxygens (including phenoxy) is 2. The Morgan fingerprint density at radius 2 is 2.00 bits per heavy atom. The second-order valence-corrected chi connectivity index (χ2v) is 4.47. The van der Waals surface area contributed by atoms with Gasteiger partial charge in [-0.15, -0.1) is 0 Å². The van der Waals surface area contributed by atoms with E-state index in [-0.39, 0.29) is 6.79 Å². The van der Waals surface area contributed by atoms with Crippen LogP contribution in [0.25, 0.3) is 11.1 Å². The molecule has 1 N–H and O–H groups in total. The molecule has 0 amide bonds. The van der Waals surface area contributed by atoms with Crippen LogP contribution in [-0.2, 0) is 0 Å². The minimum Gasteiger partial charge on any atom is -0.454 e. The summed E-state index contributed by atoms with van der Waals surface area (Å²) in [5.41, 5.74) is 5.17. The van der Waals surface area contributed by atoms with Gasteiger partial charge < -0.3 is 13.9 Å². The summed E-state index contributed by atoms with van der Waals surface area (Å²) in [6, 6.07) is 13.5. The van der Waals surface area contributed by atoms with Crippen molar-refractivity contribution in [2.24, 2.45) is 5.10 Å². The van der Waals surface area contributed by atoms with Crippen LogP contribution in [0.1, 0.15) is 5.56 Å². The molecule has 0 fully saturated rings. The van der Waals surface area contributed by atoms with Gasteiger partial charge in [0, 0.05) is 0 Å². The largest absolute Gasteiger partial charge is 0.454 e. The number of anilines is 1. The van der Waals surface area contributed by atoms with E-state index in [2.05, 4.69) is 15.5 Å². The zero-order chi connectivity index (χ0) is 14.1. The smallest absolute Gasteiger partial charge is 0.316 e. The Balaban J connectivity index is 1.50. The van der Waals surface area contributed by atoms with Crippen LogP contribution in [0.3, 0.4) is 0 Å². The summed E-state index contributed by atoms with van der Waals surface area (Å²) in [5, 5.41) is 4.10. The van der Waals surface area contributed by atoms with E-state index in [4.69, 9.17) is 13.9 Å². The van der Waals surface area contributed by atoms with Crippen LogP contribution >= 0.6 is 0 Å². The van der Waals surface area contributed by atoms with Crippen molar-refractivity contribution in [2.45, 2.75) is 0 Å². The monoisotopic (exact) mass is 281 g/mol. The van der Waals surface area contributed by atoms with Crippen LogP contribution in [0.15, 0.2) is 52.0 Å². The fourth-order valence-corrected chi connectivity index (χ4v) is 2.08. The number of nitrogens with one attached hydrogen (secondary N) is 1. The highest BCUT2D eigenvalue weighted by atomic mass is 16.7. The summed E-state index contributed by atoms with van der Waals surface area (Å²) in [7, 11) is 0. The Morgan fingerprint density at radius 3 is 2.95 bits per heavy atom. The Morgan fingerprint density at radius 1 is 1.10 bits per heavy atom. The maximum Gasteiger partial charge on any atom is 0.316 e. The molecule has 0 aliphatic carbocycles. The van der Waals surface area contributed by atoms with Crippen molar-refractivity contribution in [2.75, 3.05) is 12.2 Å². The maximum absolute atomic E-state index is 5.50. The second-order valence-electron chi connectivity index (χ2n) is 4.47. The summed E-state index contributed by atoms with van der Waals surface area (Å²) in [6.45, 7) is 0.261. The molecule has 2 aromatic carbocycles. The molecule has 104 valence electrons. The highest BCUT2D eigenvalue weighted by Gasteiger charge is 2.12. The molecular formula is C15H11N3O3. The third-order valence-corrected chi connectivity index (χ3v) is 3.06. The number of para-hydroxylation sites is 2. The van der Waals surface area contributed by atoms with E-state index in [1.165, 1.54) is 0 Å². The molecular weight excluding hydrogens is 270 g/mol. The molecule has 0 bridgehead atoms. The van der Waals surface area contributed by atoms with Crippen LogP contribution in [0.4, 0.5) is 6.01 Å². The Labute approximate surface area is 120 Å². The number of oxazole rings is 1. The van der Waals surface area contributed by atoms with E-state index in [1.807, 2.05) is 42.5 Å². The summed E-state index contributed by atoms with van der Waals surface area (Å²) in [5.74, 6) is 1.47. The van der Waals surface area contributed by atoms with Crippen LogP contribution in [-0.4, -0.2) is 18.0 Å². The number of hydrazone groups is 1. The molecule has 3 aromatic rings. The molecule has 0 spiro atoms. The molecule has 0 saturated carbocycles. The van der Waals surface area contributed by atoms with Crippen molar-refractivity contribution in [3.8, 4) is 11.5 Å². The van der Waals surface area contributed by atoms with E-state index in [0.29, 0.717) is 6.01 Å². The standard InChI is InChI=1S/C15H11N3O3/c1-2-4-12-11(3-1)17-15(21-12)18-16-8-10-5-6-13-14(7-10)20-9-19-13/h1-8H,9H2,(H,17,18)/b16-8+. The summed E-state index contributed by atoms with van der Waals surface area (Å²) < 4.78 is 16.1. The lowest BCUT2D eigenvalue weighted by atomic mass is 10.2. The van der Waals surface area contributed by atoms with Crippen molar-refractivity contribution in [1.82, 2.24) is 4.98 Å². The minimum absolute atomic E-state index is 0.261. The van der Waals surface area contributed by atoms with E-state index < -0.39 is 0 Å². The second kappa shape index (κ2) is 4.82. The zero-order valence-corrected chi connectivity index (χ0v) is 10.9. The van der Waals surface area contributed by atoms with Gasteiger partial charge in [-0.3, -0.25) is 0 Å². The quantitative estimate of drug-likeness (QED) is 0.590. The molecule has 0 saturated heterocycles. The third kappa shape index (κ3) is 2.27. The van der Waals surface area contributed by atoms with Crippen molar-refractivity contribution >= 4 is 23.3 Å². The number of fused-ring (bicyclic) bond motifs is 2. The number of aromatic nitrogens is 1. The van der Waals surface area contributed by atoms with Crippen molar-refractivity contribution < 1.29 is 13.9 Å². The Bertz CT molecular complexity index is 793. The normalized spacial score (nSPS) is 13.1. The molecule has 0 radical (unpaired) electrons. The molecule has 6 heteroatoms. The first-order valence-corrected chi connectivity index (χ1v) is 6.43. The first kappa shape index (κ1) is 11.8. The van der Waals surface area contributed by atoms with Crippen molar-refractivity contribution in [3.63, 3.8) is 0 Å². The molecule has 6 nitrogen and oxygen atoms in total. The molecule has 4 rings (SSSR count). The summed E-state index contributed by atoms with van der Waals surface area (Å²) in [4.78, 5) is 4.27. The molecule has 0 atom stereocenters. The SMILES string of the molecule is C(=N\Nc1nc2ccccc2o1)/c1ccc2c(c1)OCO2. The van der Waals surface area contributed by atoms with Gasteiger partial charge in [-0.2, -0.15) is 10.1 Å². The average Bonchev–Trinajstić information content (AvgIpc) is 3.12. The fourth-order valence-electron chi connectivity index (χ4n) is 2.08. The molecule has 2 heterocycles. The number of hydrogen-bond donors (Lipinski definition) is 1. The van der Waals surface area contributed by atoms with Crippen LogP contribution in [0, 0.1) is 0 Å². The predicted octanol–water partition coefficient (Wildman–Crippen LogP) is 3.00. The molecule has 21 heavy (non-hydrogen) atoms. The van der Waals surface area contributed by atoms with Gasteiger partial charge >= 0.3 is 6.01 Å². The lowest BCUT2D eigenvalue weighted by Crippen LogP contribution is -1.93. The van der Waals surface area contributed by atoms with Crippen LogP contribution in [0.2, 0.25) is 0 Å². The van der Waals surface area contributed by atoms with Gasteiger partial charge in [-0.05, 0) is 35.9 Å². The van der Waals surface area contributed by atoms with Gasteiger partial charge in [0.05, 0.1) is 6.21 Å². The van der Waals surface area contributed by atoms with E-state index in [1.54, 1.807) is 6.21 Å². The van der Waals surface area contributed by atoms with Crippen LogP contribution < -0.4 is 14.9 Å². The summed E-state index contributed by atoms with van der Waals surface area (Å²) in [6.07, 6.45) is 1.66. The topological polar surface area (TPSA) is 68.9 Å². The Hall–Kier alpha value is -3.02. The predicted molar refractivity (Wildman–Crippen MR) is 77.8 cm³/mol. The van der Waals surface area contributed by atoms with E-state index >= 15 is 0 Å². The van der Waals surface area contributed by atoms with Crippen LogP contribution in [0.5, 0.6) is 11.5 Å². The fraction of sp³-hybridized carbons (Fsp3) is 0.0667. The number of nitrogens with zero attached hydrogens (tertiary/aromatic N) is 2. The zero-order valence-electron chi connectivity index (χ0n) is 10.9. The van der Waals surface area contributed by atoms with Gasteiger partial charge in [-0.1, -0.05) is 12.1 Å². The lowest BCUT2D eigenvalue weighted by Gasteiger charge is -1.97. The van der Waals surface area contributed by atoms with Gasteiger partial charge in [0.25, 0.3) is 0 Å². The van der Waals surface area contributed by atoms with Gasteiger partial charge in [0.1, 0.15) is 5.52 Å². The van der Waals surface area contributed by atoms with Crippen molar-refractivity contribution in [3.05, 3.63) is 48.0 Å². The van der Waals surface area contributed by atoms with Gasteiger partial charge in [-0.25, -0.2) is 5.43 Å². The molecule has 1 aliphatic heterocycles. The molecule has 1 aliphatic rings. The lowest BCUT2D eigenvalue weighted by molar-refractivity contribution is 0.174. The molecule has 0 unspecified atom stereocenters. The number of benzene rings is 2. The minimum atomic E-state index is 0.261. The van der Waals surface area contributed by atoms with E-state index in [9.17, 15) is 0 Å². The molecule has 1 aromatic heterocycles. The number of hydrogen-bond acceptors (Lipinski definition) is 6. The third-order valence-electron chi connectivity index (χ3n) is 3.06. The highest BCUT2D eigenvalue weighted by Crippen LogP contribution is 2.32. The number of rotatable bonds is 3.